The Hall–Kier alpha value is -1.82. The molecule has 82 valence electrons. The van der Waals surface area contributed by atoms with E-state index in [0.29, 0.717) is 0 Å². The van der Waals surface area contributed by atoms with Crippen molar-refractivity contribution >= 4 is 24.3 Å². The van der Waals surface area contributed by atoms with Crippen LogP contribution in [-0.2, 0) is 4.79 Å². The molecule has 6 nitrogen and oxygen atoms in total. The minimum Gasteiger partial charge on any atom is -0.505 e. The Morgan fingerprint density at radius 2 is 2.13 bits per heavy atom. The average molecular weight is 233 g/mol. The molecule has 0 aliphatic rings. The van der Waals surface area contributed by atoms with Gasteiger partial charge in [0, 0.05) is 6.20 Å². The molecular weight excluding hydrogens is 224 g/mol. The van der Waals surface area contributed by atoms with Crippen LogP contribution in [0.25, 0.3) is 0 Å². The topological polar surface area (TPSA) is 99.5 Å². The summed E-state index contributed by atoms with van der Waals surface area (Å²) in [5, 5.41) is 19.5. The van der Waals surface area contributed by atoms with Crippen molar-refractivity contribution in [1.82, 2.24) is 10.3 Å². The Morgan fingerprint density at radius 3 is 2.67 bits per heavy atom. The molecular formula is C8H9ClN2O4. The third kappa shape index (κ3) is 3.82. The number of carboxylic acids is 1. The molecule has 1 rings (SSSR count). The maximum atomic E-state index is 11.2. The van der Waals surface area contributed by atoms with Gasteiger partial charge in [0.25, 0.3) is 5.91 Å². The molecule has 1 amide bonds. The number of pyridine rings is 1. The molecule has 15 heavy (non-hydrogen) atoms. The molecule has 1 heterocycles. The van der Waals surface area contributed by atoms with Crippen molar-refractivity contribution in [3.05, 3.63) is 24.0 Å². The zero-order valence-electron chi connectivity index (χ0n) is 7.51. The number of halogens is 1. The number of rotatable bonds is 3. The number of carbonyl (C=O) groups is 2. The van der Waals surface area contributed by atoms with Crippen molar-refractivity contribution < 1.29 is 19.8 Å². The number of carboxylic acid groups (broad SMARTS) is 1. The molecule has 0 bridgehead atoms. The highest BCUT2D eigenvalue weighted by Gasteiger charge is 2.12. The van der Waals surface area contributed by atoms with E-state index in [1.807, 2.05) is 0 Å². The second-order valence-corrected chi connectivity index (χ2v) is 2.45. The van der Waals surface area contributed by atoms with Crippen LogP contribution in [-0.4, -0.2) is 33.6 Å². The summed E-state index contributed by atoms with van der Waals surface area (Å²) >= 11 is 0. The number of aromatic hydroxyl groups is 1. The first-order valence-corrected chi connectivity index (χ1v) is 3.75. The summed E-state index contributed by atoms with van der Waals surface area (Å²) in [7, 11) is 0. The Kier molecular flexibility index (Phi) is 5.11. The molecule has 0 atom stereocenters. The molecule has 0 aliphatic carbocycles. The molecule has 0 saturated carbocycles. The van der Waals surface area contributed by atoms with Crippen LogP contribution in [0.4, 0.5) is 0 Å². The van der Waals surface area contributed by atoms with Gasteiger partial charge in [-0.2, -0.15) is 0 Å². The number of hydrogen-bond acceptors (Lipinski definition) is 4. The third-order valence-electron chi connectivity index (χ3n) is 1.40. The van der Waals surface area contributed by atoms with E-state index < -0.39 is 18.4 Å². The molecule has 0 unspecified atom stereocenters. The maximum absolute atomic E-state index is 11.2. The first-order chi connectivity index (χ1) is 6.61. The quantitative estimate of drug-likeness (QED) is 0.683. The van der Waals surface area contributed by atoms with Gasteiger partial charge in [-0.1, -0.05) is 0 Å². The summed E-state index contributed by atoms with van der Waals surface area (Å²) in [6.07, 6.45) is 1.33. The van der Waals surface area contributed by atoms with E-state index in [4.69, 9.17) is 5.11 Å². The molecule has 0 aromatic carbocycles. The minimum atomic E-state index is -1.16. The number of aliphatic carboxylic acids is 1. The zero-order chi connectivity index (χ0) is 10.6. The third-order valence-corrected chi connectivity index (χ3v) is 1.40. The lowest BCUT2D eigenvalue weighted by Gasteiger charge is -2.02. The molecule has 3 N–H and O–H groups in total. The molecule has 0 fully saturated rings. The van der Waals surface area contributed by atoms with Gasteiger partial charge in [0.1, 0.15) is 12.3 Å². The molecule has 0 spiro atoms. The smallest absolute Gasteiger partial charge is 0.322 e. The normalized spacial score (nSPS) is 8.80. The van der Waals surface area contributed by atoms with Crippen LogP contribution < -0.4 is 5.32 Å². The van der Waals surface area contributed by atoms with Crippen molar-refractivity contribution in [3.8, 4) is 5.75 Å². The van der Waals surface area contributed by atoms with Crippen molar-refractivity contribution in [3.63, 3.8) is 0 Å². The number of carbonyl (C=O) groups excluding carboxylic acids is 1. The van der Waals surface area contributed by atoms with Crippen LogP contribution in [0.3, 0.4) is 0 Å². The molecule has 1 aromatic heterocycles. The van der Waals surface area contributed by atoms with Crippen LogP contribution in [0.2, 0.25) is 0 Å². The van der Waals surface area contributed by atoms with Gasteiger partial charge in [0.15, 0.2) is 5.69 Å². The van der Waals surface area contributed by atoms with E-state index >= 15 is 0 Å². The van der Waals surface area contributed by atoms with Crippen LogP contribution in [0, 0.1) is 0 Å². The van der Waals surface area contributed by atoms with Gasteiger partial charge in [0.05, 0.1) is 0 Å². The standard InChI is InChI=1S/C8H8N2O4.ClH/c11-5-2-1-3-9-7(5)8(14)10-4-6(12)13;/h1-3,11H,4H2,(H,10,14)(H,12,13);1H. The SMILES string of the molecule is Cl.O=C(O)CNC(=O)c1ncccc1O. The number of nitrogens with one attached hydrogen (secondary N) is 1. The highest BCUT2D eigenvalue weighted by molar-refractivity contribution is 5.96. The zero-order valence-corrected chi connectivity index (χ0v) is 8.32. The predicted molar refractivity (Wildman–Crippen MR) is 53.1 cm³/mol. The molecule has 7 heteroatoms. The number of hydrogen-bond donors (Lipinski definition) is 3. The summed E-state index contributed by atoms with van der Waals surface area (Å²) in [4.78, 5) is 24.9. The van der Waals surface area contributed by atoms with Crippen LogP contribution >= 0.6 is 12.4 Å². The Balaban J connectivity index is 0.00000196. The second-order valence-electron chi connectivity index (χ2n) is 2.45. The van der Waals surface area contributed by atoms with Gasteiger partial charge in [0.2, 0.25) is 0 Å². The Morgan fingerprint density at radius 1 is 1.47 bits per heavy atom. The number of nitrogens with zero attached hydrogens (tertiary/aromatic N) is 1. The number of amides is 1. The van der Waals surface area contributed by atoms with Crippen LogP contribution in [0.5, 0.6) is 5.75 Å². The lowest BCUT2D eigenvalue weighted by atomic mass is 10.3. The fourth-order valence-corrected chi connectivity index (χ4v) is 0.811. The molecule has 1 aromatic rings. The summed E-state index contributed by atoms with van der Waals surface area (Å²) in [6.45, 7) is -0.505. The summed E-state index contributed by atoms with van der Waals surface area (Å²) in [6, 6.07) is 2.76. The molecule has 0 saturated heterocycles. The van der Waals surface area contributed by atoms with Crippen molar-refractivity contribution in [2.24, 2.45) is 0 Å². The fourth-order valence-electron chi connectivity index (χ4n) is 0.811. The van der Waals surface area contributed by atoms with Gasteiger partial charge < -0.3 is 15.5 Å². The Bertz CT molecular complexity index is 369. The van der Waals surface area contributed by atoms with Gasteiger partial charge >= 0.3 is 5.97 Å². The lowest BCUT2D eigenvalue weighted by molar-refractivity contribution is -0.135. The Labute approximate surface area is 91.4 Å². The van der Waals surface area contributed by atoms with Crippen molar-refractivity contribution in [1.29, 1.82) is 0 Å². The highest BCUT2D eigenvalue weighted by Crippen LogP contribution is 2.11. The second kappa shape index (κ2) is 5.82. The van der Waals surface area contributed by atoms with Crippen molar-refractivity contribution in [2.45, 2.75) is 0 Å². The minimum absolute atomic E-state index is 0. The van der Waals surface area contributed by atoms with E-state index in [2.05, 4.69) is 10.3 Å². The first-order valence-electron chi connectivity index (χ1n) is 3.75. The van der Waals surface area contributed by atoms with Gasteiger partial charge in [-0.15, -0.1) is 12.4 Å². The van der Waals surface area contributed by atoms with Crippen LogP contribution in [0.15, 0.2) is 18.3 Å². The number of aromatic nitrogens is 1. The first kappa shape index (κ1) is 13.2. The monoisotopic (exact) mass is 232 g/mol. The highest BCUT2D eigenvalue weighted by atomic mass is 35.5. The van der Waals surface area contributed by atoms with E-state index in [9.17, 15) is 14.7 Å². The van der Waals surface area contributed by atoms with E-state index in [0.717, 1.165) is 0 Å². The molecule has 0 radical (unpaired) electrons. The van der Waals surface area contributed by atoms with E-state index in [-0.39, 0.29) is 23.9 Å². The summed E-state index contributed by atoms with van der Waals surface area (Å²) in [5.41, 5.74) is -0.186. The summed E-state index contributed by atoms with van der Waals surface area (Å²) < 4.78 is 0. The average Bonchev–Trinajstić information content (AvgIpc) is 2.15. The van der Waals surface area contributed by atoms with E-state index in [1.54, 1.807) is 0 Å². The van der Waals surface area contributed by atoms with Gasteiger partial charge in [-0.3, -0.25) is 9.59 Å². The maximum Gasteiger partial charge on any atom is 0.322 e. The lowest BCUT2D eigenvalue weighted by Crippen LogP contribution is -2.29. The fraction of sp³-hybridized carbons (Fsp3) is 0.125. The van der Waals surface area contributed by atoms with E-state index in [1.165, 1.54) is 18.3 Å². The predicted octanol–water partition coefficient (Wildman–Crippen LogP) is 0.0234. The van der Waals surface area contributed by atoms with Crippen molar-refractivity contribution in [2.75, 3.05) is 6.54 Å². The summed E-state index contributed by atoms with van der Waals surface area (Å²) in [5.74, 6) is -2.16. The van der Waals surface area contributed by atoms with Gasteiger partial charge in [-0.25, -0.2) is 4.98 Å². The molecule has 0 aliphatic heterocycles. The van der Waals surface area contributed by atoms with Gasteiger partial charge in [-0.05, 0) is 12.1 Å². The van der Waals surface area contributed by atoms with Crippen LogP contribution in [0.1, 0.15) is 10.5 Å². The largest absolute Gasteiger partial charge is 0.505 e.